The summed E-state index contributed by atoms with van der Waals surface area (Å²) in [4.78, 5) is 12.7. The molecule has 4 bridgehead atoms. The fourth-order valence-corrected chi connectivity index (χ4v) is 6.92. The number of carbonyl (C=O) groups is 1. The van der Waals surface area contributed by atoms with Gasteiger partial charge in [-0.15, -0.1) is 0 Å². The molecule has 2 aromatic rings. The molecule has 1 heterocycles. The minimum atomic E-state index is -0.351. The fourth-order valence-electron chi connectivity index (χ4n) is 6.92. The third kappa shape index (κ3) is 3.44. The van der Waals surface area contributed by atoms with Crippen LogP contribution in [0.1, 0.15) is 51.0 Å². The lowest BCUT2D eigenvalue weighted by Gasteiger charge is -2.57. The Labute approximate surface area is 183 Å². The minimum absolute atomic E-state index is 0.0796. The van der Waals surface area contributed by atoms with E-state index >= 15 is 0 Å². The van der Waals surface area contributed by atoms with Gasteiger partial charge in [-0.05, 0) is 98.4 Å². The van der Waals surface area contributed by atoms with E-state index in [1.807, 2.05) is 19.1 Å². The van der Waals surface area contributed by atoms with Crippen molar-refractivity contribution in [2.24, 2.45) is 17.8 Å². The van der Waals surface area contributed by atoms with E-state index in [1.54, 1.807) is 6.07 Å². The molecule has 1 amide bonds. The van der Waals surface area contributed by atoms with Crippen molar-refractivity contribution in [2.45, 2.75) is 56.9 Å². The van der Waals surface area contributed by atoms with Crippen LogP contribution in [0.2, 0.25) is 0 Å². The number of carbonyl (C=O) groups excluding carboxylic acids is 1. The van der Waals surface area contributed by atoms with Crippen LogP contribution in [0.4, 0.5) is 11.4 Å². The van der Waals surface area contributed by atoms with Gasteiger partial charge in [-0.2, -0.15) is 0 Å². The smallest absolute Gasteiger partial charge is 0.246 e. The first-order valence-electron chi connectivity index (χ1n) is 11.6. The van der Waals surface area contributed by atoms with Gasteiger partial charge in [0.2, 0.25) is 12.7 Å². The minimum Gasteiger partial charge on any atom is -0.454 e. The van der Waals surface area contributed by atoms with Gasteiger partial charge in [0, 0.05) is 17.4 Å². The molecule has 162 valence electrons. The van der Waals surface area contributed by atoms with Crippen LogP contribution < -0.4 is 20.1 Å². The normalized spacial score (nSPS) is 30.8. The Morgan fingerprint density at radius 2 is 1.52 bits per heavy atom. The molecule has 0 spiro atoms. The average Bonchev–Trinajstić information content (AvgIpc) is 3.21. The molecule has 5 nitrogen and oxygen atoms in total. The molecular formula is C26H30N2O3. The Morgan fingerprint density at radius 3 is 2.19 bits per heavy atom. The van der Waals surface area contributed by atoms with Gasteiger partial charge in [-0.1, -0.05) is 12.1 Å². The lowest BCUT2D eigenvalue weighted by atomic mass is 9.48. The monoisotopic (exact) mass is 418 g/mol. The Kier molecular flexibility index (Phi) is 4.41. The molecule has 7 rings (SSSR count). The van der Waals surface area contributed by atoms with Crippen LogP contribution in [0.15, 0.2) is 42.5 Å². The van der Waals surface area contributed by atoms with Gasteiger partial charge in [0.15, 0.2) is 11.5 Å². The van der Waals surface area contributed by atoms with E-state index in [1.165, 1.54) is 44.1 Å². The zero-order valence-electron chi connectivity index (χ0n) is 18.0. The van der Waals surface area contributed by atoms with E-state index in [0.717, 1.165) is 23.4 Å². The maximum Gasteiger partial charge on any atom is 0.246 e. The fraction of sp³-hybridized carbons (Fsp3) is 0.500. The third-order valence-corrected chi connectivity index (χ3v) is 7.95. The van der Waals surface area contributed by atoms with E-state index in [9.17, 15) is 4.79 Å². The average molecular weight is 419 g/mol. The van der Waals surface area contributed by atoms with Crippen LogP contribution in [0.5, 0.6) is 11.5 Å². The van der Waals surface area contributed by atoms with E-state index in [2.05, 4.69) is 34.9 Å². The summed E-state index contributed by atoms with van der Waals surface area (Å²) in [6.07, 6.45) is 8.53. The highest BCUT2D eigenvalue weighted by molar-refractivity contribution is 5.96. The van der Waals surface area contributed by atoms with Gasteiger partial charge in [0.25, 0.3) is 0 Å². The summed E-state index contributed by atoms with van der Waals surface area (Å²) in [7, 11) is 0. The Hall–Kier alpha value is -2.69. The molecular weight excluding hydrogens is 388 g/mol. The van der Waals surface area contributed by atoms with E-state index in [4.69, 9.17) is 9.47 Å². The topological polar surface area (TPSA) is 59.6 Å². The zero-order valence-corrected chi connectivity index (χ0v) is 18.0. The van der Waals surface area contributed by atoms with Crippen molar-refractivity contribution in [2.75, 3.05) is 17.4 Å². The molecule has 1 aliphatic heterocycles. The Bertz CT molecular complexity index is 965. The zero-order chi connectivity index (χ0) is 21.0. The van der Waals surface area contributed by atoms with Gasteiger partial charge >= 0.3 is 0 Å². The second kappa shape index (κ2) is 7.18. The quantitative estimate of drug-likeness (QED) is 0.690. The Balaban J connectivity index is 1.11. The van der Waals surface area contributed by atoms with Crippen LogP contribution in [0.3, 0.4) is 0 Å². The van der Waals surface area contributed by atoms with Gasteiger partial charge in [0.05, 0.1) is 0 Å². The summed E-state index contributed by atoms with van der Waals surface area (Å²) in [6, 6.07) is 14.0. The van der Waals surface area contributed by atoms with Crippen molar-refractivity contribution in [3.63, 3.8) is 0 Å². The highest BCUT2D eigenvalue weighted by Crippen LogP contribution is 2.60. The molecule has 0 aromatic heterocycles. The summed E-state index contributed by atoms with van der Waals surface area (Å²) in [6.45, 7) is 2.11. The molecule has 2 N–H and O–H groups in total. The number of benzene rings is 2. The van der Waals surface area contributed by atoms with Gasteiger partial charge in [-0.3, -0.25) is 4.79 Å². The molecule has 31 heavy (non-hydrogen) atoms. The summed E-state index contributed by atoms with van der Waals surface area (Å²) in [5.41, 5.74) is 3.62. The molecule has 2 aromatic carbocycles. The van der Waals surface area contributed by atoms with Crippen molar-refractivity contribution in [1.29, 1.82) is 0 Å². The highest BCUT2D eigenvalue weighted by atomic mass is 16.7. The number of amides is 1. The van der Waals surface area contributed by atoms with Crippen LogP contribution in [-0.2, 0) is 10.2 Å². The lowest BCUT2D eigenvalue weighted by Crippen LogP contribution is -2.48. The number of anilines is 2. The third-order valence-electron chi connectivity index (χ3n) is 7.95. The van der Waals surface area contributed by atoms with Gasteiger partial charge in [0.1, 0.15) is 6.04 Å². The number of fused-ring (bicyclic) bond motifs is 1. The maximum atomic E-state index is 12.7. The number of rotatable bonds is 5. The predicted molar refractivity (Wildman–Crippen MR) is 121 cm³/mol. The maximum absolute atomic E-state index is 12.7. The summed E-state index contributed by atoms with van der Waals surface area (Å²) < 4.78 is 10.7. The molecule has 4 aliphatic carbocycles. The van der Waals surface area contributed by atoms with E-state index < -0.39 is 0 Å². The summed E-state index contributed by atoms with van der Waals surface area (Å²) in [5, 5.41) is 6.30. The largest absolute Gasteiger partial charge is 0.454 e. The first kappa shape index (κ1) is 19.0. The standard InChI is InChI=1S/C26H30N2O3/c1-16(25(29)28-22-6-7-23-24(11-22)31-15-30-23)27-21-4-2-20(3-5-21)26-12-17-8-18(13-26)10-19(9-17)14-26/h2-7,11,16-19,27H,8-10,12-15H2,1H3,(H,28,29)/t16-,17?,18?,19?,26?/m0/s1. The van der Waals surface area contributed by atoms with Crippen molar-refractivity contribution < 1.29 is 14.3 Å². The Morgan fingerprint density at radius 1 is 0.903 bits per heavy atom. The molecule has 5 aliphatic rings. The molecule has 4 saturated carbocycles. The number of ether oxygens (including phenoxy) is 2. The molecule has 0 saturated heterocycles. The first-order valence-corrected chi connectivity index (χ1v) is 11.6. The molecule has 5 heteroatoms. The number of hydrogen-bond donors (Lipinski definition) is 2. The molecule has 0 unspecified atom stereocenters. The van der Waals surface area contributed by atoms with Gasteiger partial charge < -0.3 is 20.1 Å². The predicted octanol–water partition coefficient (Wildman–Crippen LogP) is 5.32. The highest BCUT2D eigenvalue weighted by Gasteiger charge is 2.51. The van der Waals surface area contributed by atoms with Crippen molar-refractivity contribution in [3.05, 3.63) is 48.0 Å². The molecule has 0 radical (unpaired) electrons. The number of hydrogen-bond acceptors (Lipinski definition) is 4. The SMILES string of the molecule is C[C@H](Nc1ccc(C23CC4CC(CC(C4)C2)C3)cc1)C(=O)Nc1ccc2c(c1)OCO2. The van der Waals surface area contributed by atoms with Crippen LogP contribution >= 0.6 is 0 Å². The van der Waals surface area contributed by atoms with Crippen molar-refractivity contribution >= 4 is 17.3 Å². The van der Waals surface area contributed by atoms with E-state index in [0.29, 0.717) is 22.6 Å². The van der Waals surface area contributed by atoms with Gasteiger partial charge in [-0.25, -0.2) is 0 Å². The second-order valence-electron chi connectivity index (χ2n) is 10.2. The molecule has 1 atom stereocenters. The summed E-state index contributed by atoms with van der Waals surface area (Å²) in [5.74, 6) is 4.14. The van der Waals surface area contributed by atoms with Crippen LogP contribution in [-0.4, -0.2) is 18.7 Å². The van der Waals surface area contributed by atoms with Crippen LogP contribution in [0, 0.1) is 17.8 Å². The van der Waals surface area contributed by atoms with Crippen molar-refractivity contribution in [1.82, 2.24) is 0 Å². The lowest BCUT2D eigenvalue weighted by molar-refractivity contribution is -0.116. The van der Waals surface area contributed by atoms with Crippen LogP contribution in [0.25, 0.3) is 0 Å². The molecule has 4 fully saturated rings. The number of nitrogens with one attached hydrogen (secondary N) is 2. The van der Waals surface area contributed by atoms with Crippen molar-refractivity contribution in [3.8, 4) is 11.5 Å². The second-order valence-corrected chi connectivity index (χ2v) is 10.2. The summed E-state index contributed by atoms with van der Waals surface area (Å²) >= 11 is 0. The first-order chi connectivity index (χ1) is 15.1. The van der Waals surface area contributed by atoms with E-state index in [-0.39, 0.29) is 18.7 Å².